The summed E-state index contributed by atoms with van der Waals surface area (Å²) in [7, 11) is 0. The molecular formula is C26H26N4O8. The first kappa shape index (κ1) is 29.0. The van der Waals surface area contributed by atoms with Crippen molar-refractivity contribution < 1.29 is 39.6 Å². The largest absolute Gasteiger partial charge is 0.478 e. The molecule has 38 heavy (non-hydrogen) atoms. The first-order valence-electron chi connectivity index (χ1n) is 11.3. The van der Waals surface area contributed by atoms with Gasteiger partial charge in [-0.15, -0.1) is 0 Å². The number of benzene rings is 2. The highest BCUT2D eigenvalue weighted by Gasteiger charge is 2.17. The van der Waals surface area contributed by atoms with Crippen molar-refractivity contribution in [3.63, 3.8) is 0 Å². The number of hydrogen-bond acceptors (Lipinski definition) is 7. The number of aromatic nitrogens is 2. The molecule has 5 N–H and O–H groups in total. The SMILES string of the molecule is O=C(O)C=CC(=O)O.O=C(O)C=CC(=O)O.c1cc2c3c(cccc3c1)C(NCCCCn1ccnc1)=N2. The lowest BCUT2D eigenvalue weighted by Crippen LogP contribution is -2.24. The molecule has 1 aliphatic rings. The molecule has 0 fully saturated rings. The number of carbonyl (C=O) groups is 4. The summed E-state index contributed by atoms with van der Waals surface area (Å²) in [5.74, 6) is -4.02. The third-order valence-corrected chi connectivity index (χ3v) is 4.80. The Morgan fingerprint density at radius 2 is 1.39 bits per heavy atom. The second-order valence-electron chi connectivity index (χ2n) is 7.60. The van der Waals surface area contributed by atoms with Crippen LogP contribution in [0.15, 0.2) is 84.4 Å². The van der Waals surface area contributed by atoms with E-state index in [0.717, 1.165) is 37.5 Å². The van der Waals surface area contributed by atoms with Gasteiger partial charge in [-0.2, -0.15) is 0 Å². The number of unbranched alkanes of at least 4 members (excludes halogenated alkanes) is 1. The molecule has 0 atom stereocenters. The van der Waals surface area contributed by atoms with Crippen LogP contribution in [0, 0.1) is 0 Å². The van der Waals surface area contributed by atoms with Crippen LogP contribution in [0.4, 0.5) is 5.69 Å². The van der Waals surface area contributed by atoms with Gasteiger partial charge in [0.15, 0.2) is 0 Å². The Hall–Kier alpha value is -5.26. The van der Waals surface area contributed by atoms with Gasteiger partial charge < -0.3 is 30.3 Å². The second-order valence-corrected chi connectivity index (χ2v) is 7.60. The smallest absolute Gasteiger partial charge is 0.328 e. The zero-order valence-electron chi connectivity index (χ0n) is 20.1. The maximum atomic E-state index is 9.55. The number of nitrogens with zero attached hydrogens (tertiary/aromatic N) is 3. The average molecular weight is 523 g/mol. The summed E-state index contributed by atoms with van der Waals surface area (Å²) in [6.07, 6.45) is 10.2. The zero-order valence-corrected chi connectivity index (χ0v) is 20.1. The summed E-state index contributed by atoms with van der Waals surface area (Å²) in [6, 6.07) is 12.7. The molecular weight excluding hydrogens is 496 g/mol. The van der Waals surface area contributed by atoms with E-state index in [1.54, 1.807) is 0 Å². The van der Waals surface area contributed by atoms with Crippen molar-refractivity contribution in [1.82, 2.24) is 14.9 Å². The van der Waals surface area contributed by atoms with Gasteiger partial charge in [-0.3, -0.25) is 0 Å². The fraction of sp³-hybridized carbons (Fsp3) is 0.154. The van der Waals surface area contributed by atoms with E-state index in [0.29, 0.717) is 24.3 Å². The van der Waals surface area contributed by atoms with Crippen LogP contribution in [0.25, 0.3) is 10.8 Å². The van der Waals surface area contributed by atoms with Crippen molar-refractivity contribution in [2.45, 2.75) is 19.4 Å². The van der Waals surface area contributed by atoms with Gasteiger partial charge in [0.1, 0.15) is 5.84 Å². The molecule has 1 aliphatic heterocycles. The number of hydrogen-bond donors (Lipinski definition) is 5. The van der Waals surface area contributed by atoms with E-state index < -0.39 is 23.9 Å². The fourth-order valence-electron chi connectivity index (χ4n) is 3.26. The van der Waals surface area contributed by atoms with Crippen LogP contribution in [0.2, 0.25) is 0 Å². The van der Waals surface area contributed by atoms with Crippen LogP contribution in [-0.2, 0) is 25.7 Å². The van der Waals surface area contributed by atoms with Crippen molar-refractivity contribution >= 4 is 46.2 Å². The van der Waals surface area contributed by atoms with E-state index in [-0.39, 0.29) is 0 Å². The highest BCUT2D eigenvalue weighted by molar-refractivity contribution is 6.18. The number of carboxylic acids is 4. The van der Waals surface area contributed by atoms with Gasteiger partial charge in [-0.25, -0.2) is 29.2 Å². The molecule has 2 heterocycles. The number of imidazole rings is 1. The van der Waals surface area contributed by atoms with Crippen LogP contribution < -0.4 is 5.32 Å². The number of aliphatic imine (C=N–C) groups is 1. The van der Waals surface area contributed by atoms with E-state index in [9.17, 15) is 19.2 Å². The lowest BCUT2D eigenvalue weighted by atomic mass is 10.0. The minimum Gasteiger partial charge on any atom is -0.478 e. The standard InChI is InChI=1S/C18H18N4.2C4H4O4/c1(2-11-22-12-10-19-13-22)9-20-18-15-7-3-5-14-6-4-8-16(21-18)17(14)15;2*5-3(6)1-2-4(7)8/h3-8,10,12-13H,1-2,9,11H2,(H,20,21);2*1-2H,(H,5,6)(H,7,8). The predicted molar refractivity (Wildman–Crippen MR) is 138 cm³/mol. The van der Waals surface area contributed by atoms with Gasteiger partial charge in [0, 0.05) is 60.7 Å². The minimum absolute atomic E-state index is 0.558. The first-order valence-corrected chi connectivity index (χ1v) is 11.3. The fourth-order valence-corrected chi connectivity index (χ4v) is 3.26. The first-order chi connectivity index (χ1) is 18.2. The molecule has 0 saturated carbocycles. The molecule has 12 nitrogen and oxygen atoms in total. The summed E-state index contributed by atoms with van der Waals surface area (Å²) >= 11 is 0. The lowest BCUT2D eigenvalue weighted by molar-refractivity contribution is -0.134. The maximum Gasteiger partial charge on any atom is 0.328 e. The Morgan fingerprint density at radius 1 is 0.816 bits per heavy atom. The molecule has 0 unspecified atom stereocenters. The Labute approximate surface area is 216 Å². The van der Waals surface area contributed by atoms with E-state index in [1.165, 1.54) is 16.3 Å². The van der Waals surface area contributed by atoms with E-state index >= 15 is 0 Å². The Morgan fingerprint density at radius 3 is 1.92 bits per heavy atom. The maximum absolute atomic E-state index is 9.55. The zero-order chi connectivity index (χ0) is 27.9. The summed E-state index contributed by atoms with van der Waals surface area (Å²) in [4.78, 5) is 47.0. The second kappa shape index (κ2) is 15.0. The van der Waals surface area contributed by atoms with Crippen molar-refractivity contribution in [2.24, 2.45) is 4.99 Å². The summed E-state index contributed by atoms with van der Waals surface area (Å²) < 4.78 is 2.11. The summed E-state index contributed by atoms with van der Waals surface area (Å²) in [5, 5.41) is 37.3. The molecule has 0 spiro atoms. The van der Waals surface area contributed by atoms with Crippen LogP contribution in [0.1, 0.15) is 18.4 Å². The summed E-state index contributed by atoms with van der Waals surface area (Å²) in [6.45, 7) is 1.96. The normalized spacial score (nSPS) is 11.3. The van der Waals surface area contributed by atoms with Crippen LogP contribution in [0.5, 0.6) is 0 Å². The number of aliphatic carboxylic acids is 4. The lowest BCUT2D eigenvalue weighted by Gasteiger charge is -2.07. The Balaban J connectivity index is 0.000000264. The molecule has 0 amide bonds. The molecule has 3 aromatic rings. The molecule has 0 saturated heterocycles. The molecule has 1 aromatic heterocycles. The van der Waals surface area contributed by atoms with Gasteiger partial charge in [0.25, 0.3) is 0 Å². The number of carboxylic acid groups (broad SMARTS) is 4. The molecule has 0 bridgehead atoms. The minimum atomic E-state index is -1.26. The van der Waals surface area contributed by atoms with Gasteiger partial charge in [-0.1, -0.05) is 30.3 Å². The van der Waals surface area contributed by atoms with E-state index in [1.807, 2.05) is 18.7 Å². The number of rotatable bonds is 9. The Kier molecular flexibility index (Phi) is 11.4. The van der Waals surface area contributed by atoms with Gasteiger partial charge in [0.05, 0.1) is 12.0 Å². The third-order valence-electron chi connectivity index (χ3n) is 4.80. The number of amidine groups is 1. The average Bonchev–Trinajstić information content (AvgIpc) is 3.52. The van der Waals surface area contributed by atoms with Crippen molar-refractivity contribution in [2.75, 3.05) is 6.54 Å². The molecule has 12 heteroatoms. The van der Waals surface area contributed by atoms with Crippen molar-refractivity contribution in [3.8, 4) is 0 Å². The highest BCUT2D eigenvalue weighted by atomic mass is 16.4. The monoisotopic (exact) mass is 522 g/mol. The molecule has 4 rings (SSSR count). The van der Waals surface area contributed by atoms with Crippen LogP contribution >= 0.6 is 0 Å². The van der Waals surface area contributed by atoms with Crippen molar-refractivity contribution in [1.29, 1.82) is 0 Å². The van der Waals surface area contributed by atoms with Crippen molar-refractivity contribution in [3.05, 3.63) is 85.0 Å². The topological polar surface area (TPSA) is 191 Å². The molecule has 0 radical (unpaired) electrons. The number of aryl methyl sites for hydroxylation is 1. The molecule has 0 aliphatic carbocycles. The predicted octanol–water partition coefficient (Wildman–Crippen LogP) is 2.92. The molecule has 198 valence electrons. The van der Waals surface area contributed by atoms with Crippen LogP contribution in [0.3, 0.4) is 0 Å². The third kappa shape index (κ3) is 10.2. The van der Waals surface area contributed by atoms with Gasteiger partial charge in [-0.05, 0) is 24.3 Å². The van der Waals surface area contributed by atoms with Gasteiger partial charge >= 0.3 is 23.9 Å². The number of nitrogens with one attached hydrogen (secondary N) is 1. The summed E-state index contributed by atoms with van der Waals surface area (Å²) in [5.41, 5.74) is 2.30. The van der Waals surface area contributed by atoms with E-state index in [4.69, 9.17) is 25.4 Å². The quantitative estimate of drug-likeness (QED) is 0.206. The van der Waals surface area contributed by atoms with Gasteiger partial charge in [0.2, 0.25) is 0 Å². The Bertz CT molecular complexity index is 1290. The van der Waals surface area contributed by atoms with E-state index in [2.05, 4.69) is 51.3 Å². The highest BCUT2D eigenvalue weighted by Crippen LogP contribution is 2.34. The molecule has 2 aromatic carbocycles. The van der Waals surface area contributed by atoms with Crippen LogP contribution in [-0.4, -0.2) is 66.2 Å².